The van der Waals surface area contributed by atoms with Crippen molar-refractivity contribution in [1.82, 2.24) is 4.68 Å². The van der Waals surface area contributed by atoms with Gasteiger partial charge in [-0.05, 0) is 52.7 Å². The van der Waals surface area contributed by atoms with Crippen molar-refractivity contribution in [3.8, 4) is 34.3 Å². The van der Waals surface area contributed by atoms with E-state index in [2.05, 4.69) is 26.0 Å². The van der Waals surface area contributed by atoms with Gasteiger partial charge in [-0.25, -0.2) is 4.68 Å². The van der Waals surface area contributed by atoms with Gasteiger partial charge in [0, 0.05) is 23.6 Å². The molecule has 9 heteroatoms. The monoisotopic (exact) mass is 491 g/mol. The zero-order valence-corrected chi connectivity index (χ0v) is 19.5. The molecule has 0 radical (unpaired) electrons. The fourth-order valence-corrected chi connectivity index (χ4v) is 4.15. The molecule has 3 aromatic rings. The van der Waals surface area contributed by atoms with Crippen molar-refractivity contribution in [3.63, 3.8) is 0 Å². The number of halogens is 1. The maximum atomic E-state index is 10.0. The Morgan fingerprint density at radius 3 is 2.53 bits per heavy atom. The van der Waals surface area contributed by atoms with Gasteiger partial charge in [0.15, 0.2) is 11.5 Å². The Hall–Kier alpha value is -2.78. The van der Waals surface area contributed by atoms with Crippen molar-refractivity contribution in [3.05, 3.63) is 50.5 Å². The Morgan fingerprint density at radius 2 is 1.87 bits per heavy atom. The number of hydrogen-bond acceptors (Lipinski definition) is 7. The summed E-state index contributed by atoms with van der Waals surface area (Å²) in [5.74, 6) is 1.79. The average Bonchev–Trinajstić information content (AvgIpc) is 3.16. The molecule has 0 atom stereocenters. The maximum Gasteiger partial charge on any atom is 0.206 e. The lowest BCUT2D eigenvalue weighted by atomic mass is 10.1. The number of rotatable bonds is 7. The van der Waals surface area contributed by atoms with Crippen molar-refractivity contribution in [2.45, 2.75) is 6.92 Å². The molecule has 0 amide bonds. The van der Waals surface area contributed by atoms with E-state index in [1.807, 2.05) is 30.5 Å². The van der Waals surface area contributed by atoms with E-state index in [-0.39, 0.29) is 5.75 Å². The van der Waals surface area contributed by atoms with Crippen LogP contribution in [0, 0.1) is 0 Å². The summed E-state index contributed by atoms with van der Waals surface area (Å²) in [6.07, 6.45) is 1.69. The third-order valence-electron chi connectivity index (χ3n) is 4.26. The second-order valence-electron chi connectivity index (χ2n) is 6.05. The molecule has 30 heavy (non-hydrogen) atoms. The third kappa shape index (κ3) is 4.52. The largest absolute Gasteiger partial charge is 0.503 e. The second kappa shape index (κ2) is 9.82. The van der Waals surface area contributed by atoms with Gasteiger partial charge in [-0.2, -0.15) is 5.10 Å². The molecule has 3 rings (SSSR count). The SMILES string of the molecule is CCN=c1scc(-c2ccc(OC)cc2OC)n1N=Cc1cc(Br)c(O)c(OC)c1. The predicted molar refractivity (Wildman–Crippen MR) is 122 cm³/mol. The summed E-state index contributed by atoms with van der Waals surface area (Å²) in [5, 5.41) is 16.7. The van der Waals surface area contributed by atoms with E-state index >= 15 is 0 Å². The van der Waals surface area contributed by atoms with Crippen LogP contribution in [0.1, 0.15) is 12.5 Å². The zero-order valence-electron chi connectivity index (χ0n) is 17.0. The van der Waals surface area contributed by atoms with Crippen LogP contribution in [0.4, 0.5) is 0 Å². The van der Waals surface area contributed by atoms with Crippen molar-refractivity contribution in [2.75, 3.05) is 27.9 Å². The molecule has 1 N–H and O–H groups in total. The number of methoxy groups -OCH3 is 3. The fourth-order valence-electron chi connectivity index (χ4n) is 2.80. The molecule has 0 saturated carbocycles. The number of thiazole rings is 1. The van der Waals surface area contributed by atoms with Gasteiger partial charge in [0.05, 0.1) is 37.7 Å². The quantitative estimate of drug-likeness (QED) is 0.493. The second-order valence-corrected chi connectivity index (χ2v) is 7.74. The highest BCUT2D eigenvalue weighted by atomic mass is 79.9. The fraction of sp³-hybridized carbons (Fsp3) is 0.238. The molecule has 0 aliphatic heterocycles. The van der Waals surface area contributed by atoms with Gasteiger partial charge in [0.2, 0.25) is 4.80 Å². The van der Waals surface area contributed by atoms with Crippen molar-refractivity contribution >= 4 is 33.5 Å². The number of aromatic hydroxyl groups is 1. The molecule has 1 heterocycles. The van der Waals surface area contributed by atoms with Crippen molar-refractivity contribution < 1.29 is 19.3 Å². The number of hydrogen-bond donors (Lipinski definition) is 1. The van der Waals surface area contributed by atoms with Crippen LogP contribution in [0.2, 0.25) is 0 Å². The van der Waals surface area contributed by atoms with Gasteiger partial charge >= 0.3 is 0 Å². The summed E-state index contributed by atoms with van der Waals surface area (Å²) in [5.41, 5.74) is 2.46. The zero-order chi connectivity index (χ0) is 21.7. The van der Waals surface area contributed by atoms with Gasteiger partial charge < -0.3 is 19.3 Å². The van der Waals surface area contributed by atoms with Gasteiger partial charge in [-0.1, -0.05) is 0 Å². The van der Waals surface area contributed by atoms with Crippen LogP contribution in [-0.4, -0.2) is 43.9 Å². The predicted octanol–water partition coefficient (Wildman–Crippen LogP) is 4.51. The molecule has 0 aliphatic rings. The summed E-state index contributed by atoms with van der Waals surface area (Å²) in [6, 6.07) is 9.11. The Balaban J connectivity index is 2.12. The normalized spacial score (nSPS) is 11.8. The molecule has 0 fully saturated rings. The molecule has 0 bridgehead atoms. The molecule has 0 unspecified atom stereocenters. The first-order valence-corrected chi connectivity index (χ1v) is 10.7. The Morgan fingerprint density at radius 1 is 1.10 bits per heavy atom. The number of aromatic nitrogens is 1. The van der Waals surface area contributed by atoms with E-state index < -0.39 is 0 Å². The van der Waals surface area contributed by atoms with Crippen LogP contribution >= 0.6 is 27.3 Å². The Kier molecular flexibility index (Phi) is 7.17. The Bertz CT molecular complexity index is 1140. The summed E-state index contributed by atoms with van der Waals surface area (Å²) in [6.45, 7) is 2.61. The van der Waals surface area contributed by atoms with Gasteiger partial charge in [-0.15, -0.1) is 11.3 Å². The van der Waals surface area contributed by atoms with Crippen LogP contribution in [0.3, 0.4) is 0 Å². The van der Waals surface area contributed by atoms with Crippen molar-refractivity contribution in [1.29, 1.82) is 0 Å². The summed E-state index contributed by atoms with van der Waals surface area (Å²) in [4.78, 5) is 5.30. The summed E-state index contributed by atoms with van der Waals surface area (Å²) in [7, 11) is 4.74. The highest BCUT2D eigenvalue weighted by Gasteiger charge is 2.14. The first-order valence-electron chi connectivity index (χ1n) is 9.06. The minimum absolute atomic E-state index is 0.0446. The van der Waals surface area contributed by atoms with Gasteiger partial charge in [-0.3, -0.25) is 4.99 Å². The number of phenols is 1. The van der Waals surface area contributed by atoms with E-state index in [1.165, 1.54) is 18.4 Å². The molecule has 0 spiro atoms. The number of benzene rings is 2. The minimum Gasteiger partial charge on any atom is -0.503 e. The van der Waals surface area contributed by atoms with E-state index in [1.54, 1.807) is 37.2 Å². The first-order chi connectivity index (χ1) is 14.5. The van der Waals surface area contributed by atoms with E-state index in [4.69, 9.17) is 14.2 Å². The lowest BCUT2D eigenvalue weighted by molar-refractivity contribution is 0.372. The highest BCUT2D eigenvalue weighted by molar-refractivity contribution is 9.10. The van der Waals surface area contributed by atoms with Crippen LogP contribution in [0.15, 0.2) is 50.3 Å². The van der Waals surface area contributed by atoms with Gasteiger partial charge in [0.25, 0.3) is 0 Å². The van der Waals surface area contributed by atoms with E-state index in [9.17, 15) is 5.11 Å². The average molecular weight is 492 g/mol. The third-order valence-corrected chi connectivity index (χ3v) is 5.71. The molecule has 158 valence electrons. The molecule has 1 aromatic heterocycles. The van der Waals surface area contributed by atoms with Crippen LogP contribution in [0.5, 0.6) is 23.0 Å². The standard InChI is InChI=1S/C21H22BrN3O4S/c1-5-23-21-25(24-11-13-8-16(22)20(26)19(9-13)29-4)17(12-30-21)15-7-6-14(27-2)10-18(15)28-3/h6-12,26H,5H2,1-4H3. The maximum absolute atomic E-state index is 10.0. The van der Waals surface area contributed by atoms with Crippen LogP contribution < -0.4 is 19.0 Å². The molecule has 2 aromatic carbocycles. The Labute approximate surface area is 187 Å². The van der Waals surface area contributed by atoms with E-state index in [0.717, 1.165) is 21.6 Å². The molecular weight excluding hydrogens is 470 g/mol. The molecule has 7 nitrogen and oxygen atoms in total. The minimum atomic E-state index is 0.0446. The topological polar surface area (TPSA) is 77.6 Å². The van der Waals surface area contributed by atoms with Crippen LogP contribution in [-0.2, 0) is 0 Å². The molecular formula is C21H22BrN3O4S. The number of nitrogens with zero attached hydrogens (tertiary/aromatic N) is 3. The lowest BCUT2D eigenvalue weighted by Crippen LogP contribution is -2.12. The smallest absolute Gasteiger partial charge is 0.206 e. The van der Waals surface area contributed by atoms with Gasteiger partial charge in [0.1, 0.15) is 11.5 Å². The lowest BCUT2D eigenvalue weighted by Gasteiger charge is -2.11. The van der Waals surface area contributed by atoms with Crippen LogP contribution in [0.25, 0.3) is 11.3 Å². The number of ether oxygens (including phenoxy) is 3. The summed E-state index contributed by atoms with van der Waals surface area (Å²) < 4.78 is 18.4. The van der Waals surface area contributed by atoms with E-state index in [0.29, 0.717) is 28.3 Å². The highest BCUT2D eigenvalue weighted by Crippen LogP contribution is 2.35. The molecule has 0 saturated heterocycles. The summed E-state index contributed by atoms with van der Waals surface area (Å²) >= 11 is 4.83. The number of phenolic OH excluding ortho intramolecular Hbond substituents is 1. The first kappa shape index (κ1) is 21.9. The van der Waals surface area contributed by atoms with Crippen molar-refractivity contribution in [2.24, 2.45) is 10.1 Å². The molecule has 0 aliphatic carbocycles.